The Bertz CT molecular complexity index is 1010. The van der Waals surface area contributed by atoms with Gasteiger partial charge in [0.05, 0.1) is 0 Å². The summed E-state index contributed by atoms with van der Waals surface area (Å²) in [5, 5.41) is 11.9. The predicted octanol–water partition coefficient (Wildman–Crippen LogP) is 4.87. The third kappa shape index (κ3) is 3.01. The van der Waals surface area contributed by atoms with Crippen LogP contribution in [0.25, 0.3) is 31.7 Å². The molecule has 2 nitrogen and oxygen atoms in total. The molecule has 0 spiro atoms. The zero-order valence-corrected chi connectivity index (χ0v) is 16.4. The Balaban J connectivity index is 1.67. The minimum absolute atomic E-state index is 0.295. The third-order valence-corrected chi connectivity index (χ3v) is 8.30. The summed E-state index contributed by atoms with van der Waals surface area (Å²) in [7, 11) is 0. The van der Waals surface area contributed by atoms with Crippen LogP contribution in [0.4, 0.5) is 0 Å². The van der Waals surface area contributed by atoms with E-state index in [0.717, 1.165) is 12.1 Å². The number of rotatable bonds is 4. The summed E-state index contributed by atoms with van der Waals surface area (Å²) in [6, 6.07) is 14.4. The molecular weight excluding hydrogens is 401 g/mol. The molecule has 0 atom stereocenters. The first-order valence-electron chi connectivity index (χ1n) is 7.72. The predicted molar refractivity (Wildman–Crippen MR) is 105 cm³/mol. The van der Waals surface area contributed by atoms with Gasteiger partial charge in [-0.1, -0.05) is 0 Å². The van der Waals surface area contributed by atoms with E-state index in [1.54, 1.807) is 17.4 Å². The molecule has 5 heteroatoms. The van der Waals surface area contributed by atoms with Gasteiger partial charge in [0.15, 0.2) is 0 Å². The van der Waals surface area contributed by atoms with Crippen molar-refractivity contribution in [2.75, 3.05) is 0 Å². The van der Waals surface area contributed by atoms with Crippen LogP contribution >= 0.6 is 22.7 Å². The molecule has 0 radical (unpaired) electrons. The normalized spacial score (nSPS) is 11.7. The van der Waals surface area contributed by atoms with Crippen molar-refractivity contribution in [3.8, 4) is 15.5 Å². The molecule has 0 aliphatic carbocycles. The molecule has 120 valence electrons. The molecule has 4 rings (SSSR count). The molecule has 1 aromatic carbocycles. The first-order chi connectivity index (χ1) is 11.7. The topological polar surface area (TPSA) is 24.1 Å². The zero-order valence-electron chi connectivity index (χ0n) is 13.1. The quantitative estimate of drug-likeness (QED) is 0.372. The maximum absolute atomic E-state index is 9.75. The first kappa shape index (κ1) is 15.9. The van der Waals surface area contributed by atoms with E-state index in [1.807, 2.05) is 23.5 Å². The van der Waals surface area contributed by atoms with Gasteiger partial charge in [0.2, 0.25) is 0 Å². The van der Waals surface area contributed by atoms with Gasteiger partial charge in [-0.3, -0.25) is 0 Å². The monoisotopic (exact) mass is 418 g/mol. The number of phenols is 1. The van der Waals surface area contributed by atoms with E-state index < -0.39 is 0 Å². The van der Waals surface area contributed by atoms with Gasteiger partial charge in [0, 0.05) is 0 Å². The van der Waals surface area contributed by atoms with E-state index in [0.29, 0.717) is 20.3 Å². The number of aromatic hydroxyl groups is 1. The molecular formula is C19H16NOS2Se+. The number of benzene rings is 1. The van der Waals surface area contributed by atoms with Crippen LogP contribution in [0.3, 0.4) is 0 Å². The second-order valence-electron chi connectivity index (χ2n) is 5.35. The summed E-state index contributed by atoms with van der Waals surface area (Å²) in [5.74, 6) is 0.340. The number of aromatic nitrogens is 1. The van der Waals surface area contributed by atoms with Gasteiger partial charge in [-0.2, -0.15) is 0 Å². The Morgan fingerprint density at radius 3 is 2.83 bits per heavy atom. The molecule has 3 heterocycles. The average Bonchev–Trinajstić information content (AvgIpc) is 3.31. The molecule has 0 amide bonds. The number of nitrogens with zero attached hydrogens (tertiary/aromatic N) is 1. The molecule has 0 saturated heterocycles. The van der Waals surface area contributed by atoms with E-state index >= 15 is 0 Å². The molecule has 4 aromatic rings. The number of hydrogen-bond acceptors (Lipinski definition) is 3. The second-order valence-corrected chi connectivity index (χ2v) is 9.64. The van der Waals surface area contributed by atoms with Gasteiger partial charge in [0.25, 0.3) is 0 Å². The van der Waals surface area contributed by atoms with Crippen molar-refractivity contribution in [1.29, 1.82) is 0 Å². The molecule has 0 unspecified atom stereocenters. The van der Waals surface area contributed by atoms with Crippen LogP contribution in [0.5, 0.6) is 5.75 Å². The van der Waals surface area contributed by atoms with Crippen molar-refractivity contribution in [3.63, 3.8) is 0 Å². The summed E-state index contributed by atoms with van der Waals surface area (Å²) in [6.07, 6.45) is 4.46. The number of hydrogen-bond donors (Lipinski definition) is 1. The summed E-state index contributed by atoms with van der Waals surface area (Å²) in [4.78, 5) is 3.93. The van der Waals surface area contributed by atoms with Crippen LogP contribution in [-0.4, -0.2) is 19.6 Å². The van der Waals surface area contributed by atoms with Gasteiger partial charge in [-0.05, 0) is 0 Å². The van der Waals surface area contributed by atoms with Crippen molar-refractivity contribution >= 4 is 59.1 Å². The molecule has 0 aliphatic rings. The van der Waals surface area contributed by atoms with Gasteiger partial charge in [-0.25, -0.2) is 0 Å². The minimum atomic E-state index is 0.295. The van der Waals surface area contributed by atoms with E-state index in [-0.39, 0.29) is 0 Å². The van der Waals surface area contributed by atoms with Crippen LogP contribution in [0.2, 0.25) is 0 Å². The van der Waals surface area contributed by atoms with Crippen molar-refractivity contribution in [1.82, 2.24) is 0 Å². The van der Waals surface area contributed by atoms with Crippen molar-refractivity contribution in [2.24, 2.45) is 0 Å². The fraction of sp³-hybridized carbons (Fsp3) is 0.105. The van der Waals surface area contributed by atoms with Crippen LogP contribution in [0.1, 0.15) is 16.4 Å². The van der Waals surface area contributed by atoms with E-state index in [4.69, 9.17) is 0 Å². The molecule has 24 heavy (non-hydrogen) atoms. The maximum atomic E-state index is 9.75. The van der Waals surface area contributed by atoms with Crippen molar-refractivity contribution < 1.29 is 9.67 Å². The molecule has 0 aliphatic heterocycles. The van der Waals surface area contributed by atoms with Gasteiger partial charge in [-0.15, -0.1) is 0 Å². The standard InChI is InChI=1S/C19H15NOS2Se/c1-2-20-15-12-13(21)5-9-18(15)24-19(20)10-7-14-6-8-17(23-14)16-4-3-11-22-16/h3-12H,2H2,1H3/p+1/b10-7+. The molecule has 3 aromatic heterocycles. The average molecular weight is 417 g/mol. The Morgan fingerprint density at radius 1 is 1.12 bits per heavy atom. The van der Waals surface area contributed by atoms with Crippen LogP contribution < -0.4 is 4.57 Å². The number of phenolic OH excluding ortho intramolecular Hbond substituents is 1. The molecule has 0 fully saturated rings. The fourth-order valence-corrected chi connectivity index (χ4v) is 6.76. The number of fused-ring (bicyclic) bond motifs is 1. The molecule has 1 N–H and O–H groups in total. The first-order valence-corrected chi connectivity index (χ1v) is 11.1. The summed E-state index contributed by atoms with van der Waals surface area (Å²) in [5.41, 5.74) is 1.16. The van der Waals surface area contributed by atoms with Crippen LogP contribution in [0.15, 0.2) is 47.8 Å². The Kier molecular flexibility index (Phi) is 4.42. The Labute approximate surface area is 154 Å². The van der Waals surface area contributed by atoms with Crippen molar-refractivity contribution in [3.05, 3.63) is 57.3 Å². The van der Waals surface area contributed by atoms with Crippen LogP contribution in [-0.2, 0) is 6.54 Å². The second kappa shape index (κ2) is 6.69. The zero-order chi connectivity index (χ0) is 16.5. The van der Waals surface area contributed by atoms with Crippen LogP contribution in [0, 0.1) is 0 Å². The summed E-state index contributed by atoms with van der Waals surface area (Å²) in [6.45, 7) is 3.08. The van der Waals surface area contributed by atoms with Gasteiger partial charge >= 0.3 is 155 Å². The Morgan fingerprint density at radius 2 is 2.04 bits per heavy atom. The molecule has 0 saturated carbocycles. The van der Waals surface area contributed by atoms with E-state index in [2.05, 4.69) is 53.3 Å². The number of thiophene rings is 2. The Hall–Kier alpha value is -1.65. The van der Waals surface area contributed by atoms with E-state index in [9.17, 15) is 5.11 Å². The summed E-state index contributed by atoms with van der Waals surface area (Å²) < 4.78 is 4.99. The summed E-state index contributed by atoms with van der Waals surface area (Å²) >= 11 is 3.90. The SMILES string of the molecule is CC[n+]1c(/C=C/c2ccc(-c3cccs3)s2)[se]c2ccc(O)cc21. The molecule has 0 bridgehead atoms. The van der Waals surface area contributed by atoms with E-state index in [1.165, 1.54) is 23.5 Å². The fourth-order valence-electron chi connectivity index (χ4n) is 2.69. The van der Waals surface area contributed by atoms with Gasteiger partial charge in [0.1, 0.15) is 0 Å². The third-order valence-electron chi connectivity index (χ3n) is 3.81. The van der Waals surface area contributed by atoms with Crippen molar-refractivity contribution in [2.45, 2.75) is 13.5 Å². The number of aryl methyl sites for hydroxylation is 1. The van der Waals surface area contributed by atoms with Gasteiger partial charge < -0.3 is 0 Å².